The molecular formula is C11H16O3S2. The third-order valence-corrected chi connectivity index (χ3v) is 3.85. The molecule has 0 saturated carbocycles. The maximum atomic E-state index is 10.8. The van der Waals surface area contributed by atoms with Gasteiger partial charge in [0.15, 0.2) is 0 Å². The van der Waals surface area contributed by atoms with Crippen LogP contribution < -0.4 is 0 Å². The van der Waals surface area contributed by atoms with Crippen LogP contribution in [0.15, 0.2) is 29.2 Å². The zero-order chi connectivity index (χ0) is 12.0. The number of hydrogen-bond donors (Lipinski definition) is 1. The van der Waals surface area contributed by atoms with E-state index >= 15 is 0 Å². The Morgan fingerprint density at radius 1 is 1.19 bits per heavy atom. The van der Waals surface area contributed by atoms with Gasteiger partial charge in [-0.05, 0) is 49.0 Å². The van der Waals surface area contributed by atoms with Gasteiger partial charge in [-0.3, -0.25) is 4.55 Å². The van der Waals surface area contributed by atoms with Crippen LogP contribution in [-0.4, -0.2) is 25.0 Å². The second-order valence-corrected chi connectivity index (χ2v) is 5.98. The van der Waals surface area contributed by atoms with Crippen LogP contribution in [0.1, 0.15) is 18.4 Å². The molecule has 1 rings (SSSR count). The van der Waals surface area contributed by atoms with Crippen molar-refractivity contribution in [2.24, 2.45) is 0 Å². The first-order valence-electron chi connectivity index (χ1n) is 5.09. The molecular weight excluding hydrogens is 244 g/mol. The Balaban J connectivity index is 2.52. The fraction of sp³-hybridized carbons (Fsp3) is 0.455. The van der Waals surface area contributed by atoms with Crippen molar-refractivity contribution in [2.45, 2.75) is 24.2 Å². The molecule has 90 valence electrons. The van der Waals surface area contributed by atoms with Crippen molar-refractivity contribution >= 4 is 21.9 Å². The minimum Gasteiger partial charge on any atom is -0.282 e. The lowest BCUT2D eigenvalue weighted by molar-refractivity contribution is 0.483. The van der Waals surface area contributed by atoms with E-state index in [9.17, 15) is 8.42 Å². The predicted molar refractivity (Wildman–Crippen MR) is 67.6 cm³/mol. The van der Waals surface area contributed by atoms with E-state index in [1.807, 2.05) is 11.8 Å². The first-order valence-corrected chi connectivity index (χ1v) is 7.93. The van der Waals surface area contributed by atoms with Crippen LogP contribution in [0.25, 0.3) is 0 Å². The molecule has 0 spiro atoms. The summed E-state index contributed by atoms with van der Waals surface area (Å²) < 4.78 is 30.4. The lowest BCUT2D eigenvalue weighted by Crippen LogP contribution is -1.98. The van der Waals surface area contributed by atoms with Gasteiger partial charge in [0.2, 0.25) is 0 Å². The molecule has 3 nitrogen and oxygen atoms in total. The van der Waals surface area contributed by atoms with Gasteiger partial charge in [0, 0.05) is 0 Å². The largest absolute Gasteiger partial charge is 0.294 e. The minimum absolute atomic E-state index is 0.0413. The Morgan fingerprint density at radius 2 is 1.81 bits per heavy atom. The standard InChI is InChI=1S/C11H16O3S2/c1-15-9-3-2-4-10-5-7-11(8-6-10)16(12,13)14/h5-8H,2-4,9H2,1H3,(H,12,13,14). The number of benzene rings is 1. The highest BCUT2D eigenvalue weighted by molar-refractivity contribution is 7.98. The van der Waals surface area contributed by atoms with E-state index in [1.54, 1.807) is 12.1 Å². The van der Waals surface area contributed by atoms with Gasteiger partial charge < -0.3 is 0 Å². The Kier molecular flexibility index (Phi) is 5.31. The lowest BCUT2D eigenvalue weighted by Gasteiger charge is -2.02. The van der Waals surface area contributed by atoms with Crippen LogP contribution in [0.4, 0.5) is 0 Å². The van der Waals surface area contributed by atoms with Crippen LogP contribution in [0.5, 0.6) is 0 Å². The van der Waals surface area contributed by atoms with Crippen molar-refractivity contribution in [3.63, 3.8) is 0 Å². The SMILES string of the molecule is CSCCCCc1ccc(S(=O)(=O)O)cc1. The summed E-state index contributed by atoms with van der Waals surface area (Å²) in [6, 6.07) is 6.39. The molecule has 0 aromatic heterocycles. The zero-order valence-electron chi connectivity index (χ0n) is 9.22. The average Bonchev–Trinajstić information content (AvgIpc) is 2.24. The van der Waals surface area contributed by atoms with E-state index in [0.717, 1.165) is 24.2 Å². The summed E-state index contributed by atoms with van der Waals surface area (Å²) in [7, 11) is -4.05. The Morgan fingerprint density at radius 3 is 2.31 bits per heavy atom. The summed E-state index contributed by atoms with van der Waals surface area (Å²) >= 11 is 1.83. The van der Waals surface area contributed by atoms with E-state index < -0.39 is 10.1 Å². The summed E-state index contributed by atoms with van der Waals surface area (Å²) in [5.74, 6) is 1.16. The Bertz CT molecular complexity index is 409. The van der Waals surface area contributed by atoms with Crippen LogP contribution in [0.2, 0.25) is 0 Å². The topological polar surface area (TPSA) is 54.4 Å². The molecule has 0 fully saturated rings. The molecule has 1 aromatic rings. The number of rotatable bonds is 6. The fourth-order valence-electron chi connectivity index (χ4n) is 1.40. The molecule has 0 atom stereocenters. The third kappa shape index (κ3) is 4.55. The van der Waals surface area contributed by atoms with Gasteiger partial charge >= 0.3 is 0 Å². The van der Waals surface area contributed by atoms with E-state index in [0.29, 0.717) is 0 Å². The Hall–Kier alpha value is -0.520. The van der Waals surface area contributed by atoms with Gasteiger partial charge in [0.1, 0.15) is 0 Å². The van der Waals surface area contributed by atoms with Gasteiger partial charge in [-0.15, -0.1) is 0 Å². The number of unbranched alkanes of at least 4 members (excludes halogenated alkanes) is 1. The molecule has 1 aromatic carbocycles. The molecule has 0 heterocycles. The molecule has 5 heteroatoms. The minimum atomic E-state index is -4.05. The highest BCUT2D eigenvalue weighted by Crippen LogP contribution is 2.12. The van der Waals surface area contributed by atoms with E-state index in [2.05, 4.69) is 6.26 Å². The second-order valence-electron chi connectivity index (χ2n) is 3.57. The van der Waals surface area contributed by atoms with Crippen LogP contribution in [0.3, 0.4) is 0 Å². The van der Waals surface area contributed by atoms with Crippen molar-refractivity contribution in [3.8, 4) is 0 Å². The van der Waals surface area contributed by atoms with Crippen molar-refractivity contribution in [2.75, 3.05) is 12.0 Å². The van der Waals surface area contributed by atoms with Crippen molar-refractivity contribution in [1.29, 1.82) is 0 Å². The maximum Gasteiger partial charge on any atom is 0.294 e. The molecule has 0 saturated heterocycles. The molecule has 0 unspecified atom stereocenters. The zero-order valence-corrected chi connectivity index (χ0v) is 10.9. The van der Waals surface area contributed by atoms with Gasteiger partial charge in [0.05, 0.1) is 4.90 Å². The van der Waals surface area contributed by atoms with Crippen molar-refractivity contribution in [1.82, 2.24) is 0 Å². The Labute approximate surface area is 101 Å². The maximum absolute atomic E-state index is 10.8. The first-order chi connectivity index (χ1) is 7.54. The normalized spacial score (nSPS) is 11.6. The van der Waals surface area contributed by atoms with Gasteiger partial charge in [-0.25, -0.2) is 0 Å². The van der Waals surface area contributed by atoms with Gasteiger partial charge in [0.25, 0.3) is 10.1 Å². The van der Waals surface area contributed by atoms with Gasteiger partial charge in [-0.2, -0.15) is 20.2 Å². The molecule has 0 bridgehead atoms. The molecule has 0 radical (unpaired) electrons. The average molecular weight is 260 g/mol. The van der Waals surface area contributed by atoms with E-state index in [4.69, 9.17) is 4.55 Å². The number of hydrogen-bond acceptors (Lipinski definition) is 3. The quantitative estimate of drug-likeness (QED) is 0.631. The van der Waals surface area contributed by atoms with E-state index in [1.165, 1.54) is 18.6 Å². The third-order valence-electron chi connectivity index (χ3n) is 2.29. The van der Waals surface area contributed by atoms with Crippen LogP contribution in [-0.2, 0) is 16.5 Å². The van der Waals surface area contributed by atoms with E-state index in [-0.39, 0.29) is 4.90 Å². The predicted octanol–water partition coefficient (Wildman–Crippen LogP) is 2.62. The second kappa shape index (κ2) is 6.27. The highest BCUT2D eigenvalue weighted by Gasteiger charge is 2.07. The first kappa shape index (κ1) is 13.5. The summed E-state index contributed by atoms with van der Waals surface area (Å²) in [6.45, 7) is 0. The molecule has 0 amide bonds. The summed E-state index contributed by atoms with van der Waals surface area (Å²) in [6.07, 6.45) is 5.31. The molecule has 16 heavy (non-hydrogen) atoms. The molecule has 0 aliphatic heterocycles. The molecule has 0 aliphatic rings. The highest BCUT2D eigenvalue weighted by atomic mass is 32.2. The number of aryl methyl sites for hydroxylation is 1. The lowest BCUT2D eigenvalue weighted by atomic mass is 10.1. The fourth-order valence-corrected chi connectivity index (χ4v) is 2.38. The van der Waals surface area contributed by atoms with Crippen LogP contribution >= 0.6 is 11.8 Å². The summed E-state index contributed by atoms with van der Waals surface area (Å²) in [5.41, 5.74) is 1.11. The number of thioether (sulfide) groups is 1. The van der Waals surface area contributed by atoms with Gasteiger partial charge in [-0.1, -0.05) is 12.1 Å². The molecule has 1 N–H and O–H groups in total. The monoisotopic (exact) mass is 260 g/mol. The summed E-state index contributed by atoms with van der Waals surface area (Å²) in [5, 5.41) is 0. The van der Waals surface area contributed by atoms with Crippen LogP contribution in [0, 0.1) is 0 Å². The smallest absolute Gasteiger partial charge is 0.282 e. The van der Waals surface area contributed by atoms with Crippen molar-refractivity contribution in [3.05, 3.63) is 29.8 Å². The van der Waals surface area contributed by atoms with Crippen molar-refractivity contribution < 1.29 is 13.0 Å². The summed E-state index contributed by atoms with van der Waals surface area (Å²) in [4.78, 5) is -0.0413. The molecule has 0 aliphatic carbocycles.